The van der Waals surface area contributed by atoms with E-state index >= 15 is 0 Å². The molecule has 1 unspecified atom stereocenters. The number of hydrogen-bond acceptors (Lipinski definition) is 4. The Kier molecular flexibility index (Phi) is 7.41. The Hall–Kier alpha value is -0.710. The van der Waals surface area contributed by atoms with E-state index in [0.29, 0.717) is 13.0 Å². The number of aliphatic hydroxyl groups is 1. The topological polar surface area (TPSA) is 55.8 Å². The highest BCUT2D eigenvalue weighted by atomic mass is 16.7. The van der Waals surface area contributed by atoms with Gasteiger partial charge in [-0.05, 0) is 32.4 Å². The van der Waals surface area contributed by atoms with Crippen LogP contribution in [0.2, 0.25) is 0 Å². The molecule has 1 fully saturated rings. The van der Waals surface area contributed by atoms with E-state index in [4.69, 9.17) is 9.47 Å². The van der Waals surface area contributed by atoms with Crippen molar-refractivity contribution in [3.63, 3.8) is 0 Å². The predicted octanol–water partition coefficient (Wildman–Crippen LogP) is 2.98. The Balaban J connectivity index is 2.20. The molecule has 0 spiro atoms. The van der Waals surface area contributed by atoms with Crippen LogP contribution in [0.5, 0.6) is 0 Å². The largest absolute Gasteiger partial charge is 0.386 e. The fraction of sp³-hybridized carbons (Fsp3) is 0.812. The van der Waals surface area contributed by atoms with Gasteiger partial charge in [0.1, 0.15) is 12.2 Å². The number of carbonyl (C=O) groups excluding carboxylic acids is 1. The highest BCUT2D eigenvalue weighted by molar-refractivity contribution is 5.89. The molecule has 1 aliphatic heterocycles. The van der Waals surface area contributed by atoms with Crippen LogP contribution in [0.1, 0.15) is 59.3 Å². The van der Waals surface area contributed by atoms with Crippen LogP contribution in [0.25, 0.3) is 0 Å². The molecular formula is C16H28O4. The van der Waals surface area contributed by atoms with Gasteiger partial charge >= 0.3 is 0 Å². The van der Waals surface area contributed by atoms with Gasteiger partial charge in [-0.2, -0.15) is 0 Å². The first-order valence-corrected chi connectivity index (χ1v) is 7.65. The van der Waals surface area contributed by atoms with Crippen LogP contribution < -0.4 is 0 Å². The van der Waals surface area contributed by atoms with Gasteiger partial charge in [0.15, 0.2) is 11.6 Å². The SMILES string of the molecule is CCCCCCCC(=O)/C=C/C(O)[C@H]1COC(C)(C)O1. The van der Waals surface area contributed by atoms with E-state index in [9.17, 15) is 9.90 Å². The predicted molar refractivity (Wildman–Crippen MR) is 78.4 cm³/mol. The van der Waals surface area contributed by atoms with Crippen molar-refractivity contribution in [3.05, 3.63) is 12.2 Å². The molecule has 0 amide bonds. The first-order valence-electron chi connectivity index (χ1n) is 7.65. The molecule has 4 heteroatoms. The van der Waals surface area contributed by atoms with Gasteiger partial charge < -0.3 is 14.6 Å². The van der Waals surface area contributed by atoms with E-state index in [-0.39, 0.29) is 5.78 Å². The van der Waals surface area contributed by atoms with Crippen LogP contribution in [0, 0.1) is 0 Å². The first-order chi connectivity index (χ1) is 9.44. The lowest BCUT2D eigenvalue weighted by Crippen LogP contribution is -2.29. The van der Waals surface area contributed by atoms with E-state index in [1.807, 2.05) is 13.8 Å². The van der Waals surface area contributed by atoms with Crippen LogP contribution in [0.15, 0.2) is 12.2 Å². The van der Waals surface area contributed by atoms with Crippen LogP contribution in [-0.4, -0.2) is 35.5 Å². The maximum atomic E-state index is 11.7. The van der Waals surface area contributed by atoms with E-state index in [0.717, 1.165) is 12.8 Å². The fourth-order valence-corrected chi connectivity index (χ4v) is 2.20. The Morgan fingerprint density at radius 3 is 2.65 bits per heavy atom. The van der Waals surface area contributed by atoms with Crippen molar-refractivity contribution >= 4 is 5.78 Å². The molecule has 0 saturated carbocycles. The van der Waals surface area contributed by atoms with Gasteiger partial charge in [0.25, 0.3) is 0 Å². The van der Waals surface area contributed by atoms with Crippen molar-refractivity contribution in [2.24, 2.45) is 0 Å². The summed E-state index contributed by atoms with van der Waals surface area (Å²) in [5, 5.41) is 9.93. The minimum atomic E-state index is -0.791. The van der Waals surface area contributed by atoms with Crippen molar-refractivity contribution in [2.45, 2.75) is 77.3 Å². The highest BCUT2D eigenvalue weighted by Gasteiger charge is 2.35. The zero-order valence-corrected chi connectivity index (χ0v) is 12.9. The molecule has 2 atom stereocenters. The number of allylic oxidation sites excluding steroid dienone is 1. The van der Waals surface area contributed by atoms with E-state index in [1.165, 1.54) is 31.4 Å². The Morgan fingerprint density at radius 2 is 2.05 bits per heavy atom. The third kappa shape index (κ3) is 6.64. The third-order valence-corrected chi connectivity index (χ3v) is 3.42. The summed E-state index contributed by atoms with van der Waals surface area (Å²) in [5.74, 6) is -0.582. The van der Waals surface area contributed by atoms with Gasteiger partial charge in [0.05, 0.1) is 6.61 Å². The molecule has 1 saturated heterocycles. The summed E-state index contributed by atoms with van der Waals surface area (Å²) in [7, 11) is 0. The molecule has 1 heterocycles. The molecule has 1 aliphatic rings. The van der Waals surface area contributed by atoms with Crippen LogP contribution in [-0.2, 0) is 14.3 Å². The Morgan fingerprint density at radius 1 is 1.35 bits per heavy atom. The zero-order chi connectivity index (χ0) is 15.0. The summed E-state index contributed by atoms with van der Waals surface area (Å²) in [6.45, 7) is 6.14. The summed E-state index contributed by atoms with van der Waals surface area (Å²) < 4.78 is 10.9. The number of carbonyl (C=O) groups is 1. The maximum Gasteiger partial charge on any atom is 0.163 e. The smallest absolute Gasteiger partial charge is 0.163 e. The molecule has 4 nitrogen and oxygen atoms in total. The van der Waals surface area contributed by atoms with Crippen molar-refractivity contribution in [2.75, 3.05) is 6.61 Å². The van der Waals surface area contributed by atoms with Gasteiger partial charge in [0, 0.05) is 6.42 Å². The van der Waals surface area contributed by atoms with Crippen molar-refractivity contribution in [3.8, 4) is 0 Å². The quantitative estimate of drug-likeness (QED) is 0.522. The first kappa shape index (κ1) is 17.3. The number of ketones is 1. The number of ether oxygens (including phenoxy) is 2. The molecule has 0 bridgehead atoms. The summed E-state index contributed by atoms with van der Waals surface area (Å²) in [4.78, 5) is 11.7. The number of hydrogen-bond donors (Lipinski definition) is 1. The molecule has 20 heavy (non-hydrogen) atoms. The lowest BCUT2D eigenvalue weighted by molar-refractivity contribution is -0.147. The molecule has 0 aromatic heterocycles. The second-order valence-electron chi connectivity index (χ2n) is 5.85. The molecule has 0 aromatic carbocycles. The van der Waals surface area contributed by atoms with Gasteiger partial charge in [-0.25, -0.2) is 0 Å². The average molecular weight is 284 g/mol. The van der Waals surface area contributed by atoms with Crippen molar-refractivity contribution in [1.82, 2.24) is 0 Å². The van der Waals surface area contributed by atoms with Gasteiger partial charge in [0.2, 0.25) is 0 Å². The van der Waals surface area contributed by atoms with Gasteiger partial charge in [-0.3, -0.25) is 4.79 Å². The minimum Gasteiger partial charge on any atom is -0.386 e. The molecule has 1 rings (SSSR count). The lowest BCUT2D eigenvalue weighted by Gasteiger charge is -2.18. The van der Waals surface area contributed by atoms with Crippen LogP contribution >= 0.6 is 0 Å². The highest BCUT2D eigenvalue weighted by Crippen LogP contribution is 2.24. The summed E-state index contributed by atoms with van der Waals surface area (Å²) in [5.41, 5.74) is 0. The second kappa shape index (κ2) is 8.55. The van der Waals surface area contributed by atoms with Crippen molar-refractivity contribution < 1.29 is 19.4 Å². The summed E-state index contributed by atoms with van der Waals surface area (Å²) >= 11 is 0. The Bertz CT molecular complexity index is 322. The number of rotatable bonds is 9. The number of unbranched alkanes of at least 4 members (excludes halogenated alkanes) is 4. The molecular weight excluding hydrogens is 256 g/mol. The molecule has 0 aromatic rings. The molecule has 0 aliphatic carbocycles. The van der Waals surface area contributed by atoms with E-state index in [2.05, 4.69) is 6.92 Å². The summed E-state index contributed by atoms with van der Waals surface area (Å²) in [6.07, 6.45) is 8.03. The van der Waals surface area contributed by atoms with Crippen LogP contribution in [0.3, 0.4) is 0 Å². The van der Waals surface area contributed by atoms with Gasteiger partial charge in [-0.15, -0.1) is 0 Å². The summed E-state index contributed by atoms with van der Waals surface area (Å²) in [6, 6.07) is 0. The molecule has 1 N–H and O–H groups in total. The number of aliphatic hydroxyl groups excluding tert-OH is 1. The maximum absolute atomic E-state index is 11.7. The average Bonchev–Trinajstić information content (AvgIpc) is 2.76. The van der Waals surface area contributed by atoms with Crippen molar-refractivity contribution in [1.29, 1.82) is 0 Å². The third-order valence-electron chi connectivity index (χ3n) is 3.42. The second-order valence-corrected chi connectivity index (χ2v) is 5.85. The zero-order valence-electron chi connectivity index (χ0n) is 12.9. The fourth-order valence-electron chi connectivity index (χ4n) is 2.20. The Labute approximate surface area is 122 Å². The monoisotopic (exact) mass is 284 g/mol. The molecule has 116 valence electrons. The van der Waals surface area contributed by atoms with Crippen LogP contribution in [0.4, 0.5) is 0 Å². The lowest BCUT2D eigenvalue weighted by atomic mass is 10.1. The normalized spacial score (nSPS) is 23.3. The molecule has 0 radical (unpaired) electrons. The van der Waals surface area contributed by atoms with Gasteiger partial charge in [-0.1, -0.05) is 32.6 Å². The minimum absolute atomic E-state index is 0.0683. The van der Waals surface area contributed by atoms with E-state index in [1.54, 1.807) is 0 Å². The standard InChI is InChI=1S/C16H28O4/c1-4-5-6-7-8-9-13(17)10-11-14(18)15-12-19-16(2,3)20-15/h10-11,14-15,18H,4-9,12H2,1-3H3/b11-10+/t14?,15-/m1/s1. The van der Waals surface area contributed by atoms with E-state index < -0.39 is 18.0 Å².